The maximum atomic E-state index is 6.23. The molecular weight excluding hydrogens is 244 g/mol. The van der Waals surface area contributed by atoms with Crippen molar-refractivity contribution < 1.29 is 0 Å². The second-order valence-corrected chi connectivity index (χ2v) is 5.35. The molecule has 0 radical (unpaired) electrons. The third-order valence-corrected chi connectivity index (χ3v) is 3.93. The molecule has 2 atom stereocenters. The minimum Gasteiger partial charge on any atom is -0.313 e. The van der Waals surface area contributed by atoms with Gasteiger partial charge in [0.25, 0.3) is 0 Å². The Morgan fingerprint density at radius 3 is 2.56 bits per heavy atom. The molecule has 0 aliphatic rings. The molecule has 2 unspecified atom stereocenters. The third kappa shape index (κ3) is 4.60. The van der Waals surface area contributed by atoms with Crippen LogP contribution < -0.4 is 5.32 Å². The number of benzene rings is 1. The van der Waals surface area contributed by atoms with E-state index in [0.29, 0.717) is 12.1 Å². The Labute approximate surface area is 116 Å². The van der Waals surface area contributed by atoms with Crippen molar-refractivity contribution in [3.63, 3.8) is 0 Å². The average molecular weight is 269 g/mol. The highest BCUT2D eigenvalue weighted by Crippen LogP contribution is 2.25. The Morgan fingerprint density at radius 1 is 1.28 bits per heavy atom. The van der Waals surface area contributed by atoms with Crippen molar-refractivity contribution in [1.82, 2.24) is 10.2 Å². The maximum absolute atomic E-state index is 6.23. The topological polar surface area (TPSA) is 15.3 Å². The molecule has 102 valence electrons. The quantitative estimate of drug-likeness (QED) is 0.811. The van der Waals surface area contributed by atoms with Crippen LogP contribution in [0.25, 0.3) is 0 Å². The second-order valence-electron chi connectivity index (χ2n) is 4.94. The largest absolute Gasteiger partial charge is 0.313 e. The lowest BCUT2D eigenvalue weighted by molar-refractivity contribution is 0.257. The summed E-state index contributed by atoms with van der Waals surface area (Å²) >= 11 is 6.23. The Hall–Kier alpha value is -0.570. The van der Waals surface area contributed by atoms with E-state index in [1.165, 1.54) is 12.0 Å². The fourth-order valence-electron chi connectivity index (χ4n) is 1.88. The zero-order valence-electron chi connectivity index (χ0n) is 11.9. The van der Waals surface area contributed by atoms with E-state index in [4.69, 9.17) is 11.6 Å². The zero-order valence-corrected chi connectivity index (χ0v) is 12.7. The van der Waals surface area contributed by atoms with E-state index in [2.05, 4.69) is 44.1 Å². The van der Waals surface area contributed by atoms with Gasteiger partial charge in [0.1, 0.15) is 0 Å². The van der Waals surface area contributed by atoms with Crippen LogP contribution in [-0.2, 0) is 0 Å². The van der Waals surface area contributed by atoms with Crippen molar-refractivity contribution in [3.05, 3.63) is 34.9 Å². The molecule has 0 aliphatic heterocycles. The van der Waals surface area contributed by atoms with Gasteiger partial charge < -0.3 is 5.32 Å². The number of hydrogen-bond acceptors (Lipinski definition) is 2. The number of hydrogen-bond donors (Lipinski definition) is 1. The number of likely N-dealkylation sites (N-methyl/N-ethyl adjacent to an activating group) is 1. The monoisotopic (exact) mass is 268 g/mol. The lowest BCUT2D eigenvalue weighted by atomic mass is 10.1. The Balaban J connectivity index is 2.47. The summed E-state index contributed by atoms with van der Waals surface area (Å²) < 4.78 is 0. The molecule has 0 aliphatic carbocycles. The predicted octanol–water partition coefficient (Wildman–Crippen LogP) is 3.72. The van der Waals surface area contributed by atoms with Crippen molar-refractivity contribution >= 4 is 11.6 Å². The molecule has 18 heavy (non-hydrogen) atoms. The number of nitrogens with zero attached hydrogens (tertiary/aromatic N) is 1. The molecule has 0 saturated heterocycles. The summed E-state index contributed by atoms with van der Waals surface area (Å²) in [6.45, 7) is 8.66. The van der Waals surface area contributed by atoms with Gasteiger partial charge in [-0.15, -0.1) is 0 Å². The Bertz CT molecular complexity index is 354. The molecule has 1 N–H and O–H groups in total. The van der Waals surface area contributed by atoms with E-state index < -0.39 is 0 Å². The van der Waals surface area contributed by atoms with Crippen molar-refractivity contribution in [2.24, 2.45) is 0 Å². The zero-order chi connectivity index (χ0) is 13.5. The molecule has 1 aromatic rings. The average Bonchev–Trinajstić information content (AvgIpc) is 2.38. The normalized spacial score (nSPS) is 14.8. The Morgan fingerprint density at radius 2 is 1.94 bits per heavy atom. The summed E-state index contributed by atoms with van der Waals surface area (Å²) in [6, 6.07) is 9.02. The molecule has 0 amide bonds. The molecule has 1 aromatic carbocycles. The summed E-state index contributed by atoms with van der Waals surface area (Å²) in [5.41, 5.74) is 1.20. The first kappa shape index (κ1) is 15.5. The third-order valence-electron chi connectivity index (χ3n) is 3.59. The van der Waals surface area contributed by atoms with Crippen LogP contribution in [0.15, 0.2) is 24.3 Å². The van der Waals surface area contributed by atoms with E-state index in [1.807, 2.05) is 18.2 Å². The van der Waals surface area contributed by atoms with Crippen LogP contribution in [0.3, 0.4) is 0 Å². The molecular formula is C15H25ClN2. The van der Waals surface area contributed by atoms with Crippen LogP contribution in [0.2, 0.25) is 5.02 Å². The van der Waals surface area contributed by atoms with Crippen molar-refractivity contribution in [2.45, 2.75) is 39.3 Å². The highest BCUT2D eigenvalue weighted by atomic mass is 35.5. The molecule has 0 aromatic heterocycles. The molecule has 3 heteroatoms. The number of nitrogens with one attached hydrogen (secondary N) is 1. The summed E-state index contributed by atoms with van der Waals surface area (Å²) in [5.74, 6) is 0. The summed E-state index contributed by atoms with van der Waals surface area (Å²) in [5, 5.41) is 4.36. The van der Waals surface area contributed by atoms with Gasteiger partial charge in [-0.1, -0.05) is 36.7 Å². The van der Waals surface area contributed by atoms with Crippen molar-refractivity contribution in [2.75, 3.05) is 20.1 Å². The minimum atomic E-state index is 0.345. The standard InChI is InChI=1S/C15H25ClN2/c1-5-12(2)17-10-11-18(4)13(3)14-8-6-7-9-15(14)16/h6-9,12-13,17H,5,10-11H2,1-4H3. The molecule has 0 spiro atoms. The molecule has 0 fully saturated rings. The second kappa shape index (κ2) is 7.78. The van der Waals surface area contributed by atoms with Gasteiger partial charge in [-0.3, -0.25) is 4.90 Å². The fraction of sp³-hybridized carbons (Fsp3) is 0.600. The van der Waals surface area contributed by atoms with E-state index in [-0.39, 0.29) is 0 Å². The lowest BCUT2D eigenvalue weighted by Gasteiger charge is -2.26. The molecule has 1 rings (SSSR count). The molecule has 0 heterocycles. The maximum Gasteiger partial charge on any atom is 0.0453 e. The van der Waals surface area contributed by atoms with Gasteiger partial charge in [-0.2, -0.15) is 0 Å². The van der Waals surface area contributed by atoms with E-state index in [1.54, 1.807) is 0 Å². The summed E-state index contributed by atoms with van der Waals surface area (Å²) in [7, 11) is 2.15. The van der Waals surface area contributed by atoms with Gasteiger partial charge >= 0.3 is 0 Å². The highest BCUT2D eigenvalue weighted by molar-refractivity contribution is 6.31. The first-order valence-corrected chi connectivity index (χ1v) is 7.12. The van der Waals surface area contributed by atoms with Gasteiger partial charge in [-0.25, -0.2) is 0 Å². The van der Waals surface area contributed by atoms with E-state index >= 15 is 0 Å². The molecule has 0 saturated carbocycles. The van der Waals surface area contributed by atoms with Crippen molar-refractivity contribution in [1.29, 1.82) is 0 Å². The highest BCUT2D eigenvalue weighted by Gasteiger charge is 2.13. The van der Waals surface area contributed by atoms with E-state index in [0.717, 1.165) is 18.1 Å². The first-order valence-electron chi connectivity index (χ1n) is 6.74. The number of rotatable bonds is 7. The SMILES string of the molecule is CCC(C)NCCN(C)C(C)c1ccccc1Cl. The van der Waals surface area contributed by atoms with Crippen LogP contribution in [0.4, 0.5) is 0 Å². The Kier molecular flexibility index (Phi) is 6.69. The van der Waals surface area contributed by atoms with E-state index in [9.17, 15) is 0 Å². The van der Waals surface area contributed by atoms with Gasteiger partial charge in [0.2, 0.25) is 0 Å². The smallest absolute Gasteiger partial charge is 0.0453 e. The van der Waals surface area contributed by atoms with Crippen LogP contribution in [0, 0.1) is 0 Å². The summed E-state index contributed by atoms with van der Waals surface area (Å²) in [4.78, 5) is 2.33. The minimum absolute atomic E-state index is 0.345. The summed E-state index contributed by atoms with van der Waals surface area (Å²) in [6.07, 6.45) is 1.17. The number of halogens is 1. The van der Waals surface area contributed by atoms with Gasteiger partial charge in [-0.05, 0) is 38.9 Å². The molecule has 0 bridgehead atoms. The van der Waals surface area contributed by atoms with Gasteiger partial charge in [0, 0.05) is 30.2 Å². The first-order chi connectivity index (χ1) is 8.56. The lowest BCUT2D eigenvalue weighted by Crippen LogP contribution is -2.35. The van der Waals surface area contributed by atoms with Gasteiger partial charge in [0.15, 0.2) is 0 Å². The molecule has 2 nitrogen and oxygen atoms in total. The van der Waals surface area contributed by atoms with Crippen molar-refractivity contribution in [3.8, 4) is 0 Å². The van der Waals surface area contributed by atoms with Crippen LogP contribution in [0.1, 0.15) is 38.8 Å². The van der Waals surface area contributed by atoms with Crippen LogP contribution in [0.5, 0.6) is 0 Å². The van der Waals surface area contributed by atoms with Crippen LogP contribution >= 0.6 is 11.6 Å². The van der Waals surface area contributed by atoms with Gasteiger partial charge in [0.05, 0.1) is 0 Å². The predicted molar refractivity (Wildman–Crippen MR) is 80.3 cm³/mol. The van der Waals surface area contributed by atoms with Crippen LogP contribution in [-0.4, -0.2) is 31.1 Å². The fourth-order valence-corrected chi connectivity index (χ4v) is 2.17.